The van der Waals surface area contributed by atoms with Crippen LogP contribution in [0.4, 0.5) is 0 Å². The molecule has 2 rings (SSSR count). The highest BCUT2D eigenvalue weighted by Gasteiger charge is 2.28. The van der Waals surface area contributed by atoms with Gasteiger partial charge in [0.1, 0.15) is 11.5 Å². The lowest BCUT2D eigenvalue weighted by atomic mass is 9.97. The predicted octanol–water partition coefficient (Wildman–Crippen LogP) is 0.738. The molecule has 6 heteroatoms. The molecule has 0 aromatic heterocycles. The molecule has 20 heavy (non-hydrogen) atoms. The van der Waals surface area contributed by atoms with Crippen LogP contribution in [-0.4, -0.2) is 42.0 Å². The number of ether oxygens (including phenoxy) is 1. The van der Waals surface area contributed by atoms with E-state index in [9.17, 15) is 14.7 Å². The molecule has 3 N–H and O–H groups in total. The third-order valence-corrected chi connectivity index (χ3v) is 3.55. The van der Waals surface area contributed by atoms with Crippen LogP contribution in [-0.2, 0) is 4.79 Å². The number of hydrogen-bond acceptors (Lipinski definition) is 4. The lowest BCUT2D eigenvalue weighted by Crippen LogP contribution is -2.44. The van der Waals surface area contributed by atoms with Crippen LogP contribution in [0.1, 0.15) is 23.2 Å². The molecule has 1 aromatic carbocycles. The number of aromatic hydroxyl groups is 1. The van der Waals surface area contributed by atoms with Gasteiger partial charge in [0.15, 0.2) is 0 Å². The molecule has 108 valence electrons. The molecule has 1 aliphatic rings. The van der Waals surface area contributed by atoms with Crippen molar-refractivity contribution in [1.29, 1.82) is 0 Å². The first-order valence-corrected chi connectivity index (χ1v) is 6.48. The summed E-state index contributed by atoms with van der Waals surface area (Å²) in [7, 11) is 1.48. The van der Waals surface area contributed by atoms with E-state index >= 15 is 0 Å². The van der Waals surface area contributed by atoms with Crippen molar-refractivity contribution < 1.29 is 19.4 Å². The number of piperidine rings is 1. The molecular weight excluding hydrogens is 260 g/mol. The van der Waals surface area contributed by atoms with Crippen molar-refractivity contribution in [2.24, 2.45) is 11.7 Å². The van der Waals surface area contributed by atoms with E-state index in [1.165, 1.54) is 19.2 Å². The summed E-state index contributed by atoms with van der Waals surface area (Å²) >= 11 is 0. The van der Waals surface area contributed by atoms with Crippen LogP contribution in [0.25, 0.3) is 0 Å². The van der Waals surface area contributed by atoms with Crippen LogP contribution < -0.4 is 10.5 Å². The number of phenols is 1. The summed E-state index contributed by atoms with van der Waals surface area (Å²) in [5, 5.41) is 9.88. The van der Waals surface area contributed by atoms with Gasteiger partial charge in [-0.25, -0.2) is 0 Å². The maximum atomic E-state index is 12.4. The Kier molecular flexibility index (Phi) is 4.12. The second-order valence-corrected chi connectivity index (χ2v) is 4.88. The van der Waals surface area contributed by atoms with Gasteiger partial charge in [-0.1, -0.05) is 0 Å². The van der Waals surface area contributed by atoms with E-state index in [0.29, 0.717) is 25.3 Å². The molecule has 1 unspecified atom stereocenters. The Balaban J connectivity index is 2.16. The molecule has 6 nitrogen and oxygen atoms in total. The molecule has 0 spiro atoms. The van der Waals surface area contributed by atoms with Crippen molar-refractivity contribution in [2.45, 2.75) is 12.8 Å². The number of hydrogen-bond donors (Lipinski definition) is 2. The van der Waals surface area contributed by atoms with E-state index < -0.39 is 0 Å². The van der Waals surface area contributed by atoms with Crippen LogP contribution >= 0.6 is 0 Å². The Morgan fingerprint density at radius 1 is 1.45 bits per heavy atom. The Bertz CT molecular complexity index is 530. The number of amides is 2. The van der Waals surface area contributed by atoms with Gasteiger partial charge in [-0.15, -0.1) is 0 Å². The zero-order chi connectivity index (χ0) is 14.7. The van der Waals surface area contributed by atoms with Crippen LogP contribution in [0.2, 0.25) is 0 Å². The minimum atomic E-state index is -0.388. The Hall–Kier alpha value is -2.24. The van der Waals surface area contributed by atoms with Gasteiger partial charge in [-0.05, 0) is 25.0 Å². The van der Waals surface area contributed by atoms with Crippen LogP contribution in [0, 0.1) is 5.92 Å². The Morgan fingerprint density at radius 3 is 2.80 bits per heavy atom. The smallest absolute Gasteiger partial charge is 0.257 e. The van der Waals surface area contributed by atoms with Crippen molar-refractivity contribution >= 4 is 11.8 Å². The number of carbonyl (C=O) groups excluding carboxylic acids is 2. The van der Waals surface area contributed by atoms with Crippen molar-refractivity contribution in [3.8, 4) is 11.5 Å². The van der Waals surface area contributed by atoms with Crippen molar-refractivity contribution in [3.63, 3.8) is 0 Å². The summed E-state index contributed by atoms with van der Waals surface area (Å²) in [4.78, 5) is 25.1. The van der Waals surface area contributed by atoms with Crippen LogP contribution in [0.3, 0.4) is 0 Å². The normalized spacial score (nSPS) is 18.6. The zero-order valence-electron chi connectivity index (χ0n) is 11.3. The second-order valence-electron chi connectivity index (χ2n) is 4.88. The minimum Gasteiger partial charge on any atom is -0.507 e. The molecule has 1 atom stereocenters. The first-order chi connectivity index (χ1) is 9.52. The summed E-state index contributed by atoms with van der Waals surface area (Å²) in [5.41, 5.74) is 5.50. The first kappa shape index (κ1) is 14.2. The molecule has 1 saturated heterocycles. The van der Waals surface area contributed by atoms with E-state index in [4.69, 9.17) is 10.5 Å². The fraction of sp³-hybridized carbons (Fsp3) is 0.429. The van der Waals surface area contributed by atoms with Gasteiger partial charge in [0, 0.05) is 19.2 Å². The molecule has 0 saturated carbocycles. The highest BCUT2D eigenvalue weighted by Crippen LogP contribution is 2.26. The van der Waals surface area contributed by atoms with Crippen LogP contribution in [0.5, 0.6) is 11.5 Å². The number of likely N-dealkylation sites (tertiary alicyclic amines) is 1. The fourth-order valence-electron chi connectivity index (χ4n) is 2.38. The van der Waals surface area contributed by atoms with E-state index in [1.54, 1.807) is 11.0 Å². The topological polar surface area (TPSA) is 92.9 Å². The quantitative estimate of drug-likeness (QED) is 0.852. The van der Waals surface area contributed by atoms with E-state index in [0.717, 1.165) is 6.42 Å². The Morgan fingerprint density at radius 2 is 2.20 bits per heavy atom. The maximum absolute atomic E-state index is 12.4. The summed E-state index contributed by atoms with van der Waals surface area (Å²) in [6.45, 7) is 0.869. The van der Waals surface area contributed by atoms with Gasteiger partial charge in [-0.2, -0.15) is 0 Å². The molecule has 0 radical (unpaired) electrons. The molecule has 0 aliphatic carbocycles. The third kappa shape index (κ3) is 2.84. The lowest BCUT2D eigenvalue weighted by molar-refractivity contribution is -0.123. The third-order valence-electron chi connectivity index (χ3n) is 3.55. The number of carbonyl (C=O) groups is 2. The van der Waals surface area contributed by atoms with Crippen molar-refractivity contribution in [3.05, 3.63) is 23.8 Å². The van der Waals surface area contributed by atoms with Gasteiger partial charge in [0.25, 0.3) is 5.91 Å². The van der Waals surface area contributed by atoms with Crippen LogP contribution in [0.15, 0.2) is 18.2 Å². The minimum absolute atomic E-state index is 0.129. The molecule has 0 bridgehead atoms. The average molecular weight is 278 g/mol. The molecule has 1 aromatic rings. The highest BCUT2D eigenvalue weighted by molar-refractivity contribution is 5.97. The highest BCUT2D eigenvalue weighted by atomic mass is 16.5. The average Bonchev–Trinajstić information content (AvgIpc) is 2.46. The zero-order valence-corrected chi connectivity index (χ0v) is 11.3. The largest absolute Gasteiger partial charge is 0.507 e. The summed E-state index contributed by atoms with van der Waals surface area (Å²) < 4.78 is 4.98. The molecule has 2 amide bonds. The maximum Gasteiger partial charge on any atom is 0.257 e. The van der Waals surface area contributed by atoms with Crippen molar-refractivity contribution in [2.75, 3.05) is 20.2 Å². The van der Waals surface area contributed by atoms with Gasteiger partial charge in [0.2, 0.25) is 5.91 Å². The number of methoxy groups -OCH3 is 1. The second kappa shape index (κ2) is 5.81. The van der Waals surface area contributed by atoms with Gasteiger partial charge < -0.3 is 20.5 Å². The number of rotatable bonds is 3. The summed E-state index contributed by atoms with van der Waals surface area (Å²) in [6.07, 6.45) is 1.43. The number of phenolic OH excluding ortho intramolecular Hbond substituents is 1. The van der Waals surface area contributed by atoms with Gasteiger partial charge in [-0.3, -0.25) is 9.59 Å². The standard InChI is InChI=1S/C14H18N2O4/c1-20-10-4-5-11(12(17)7-10)14(19)16-6-2-3-9(8-16)13(15)18/h4-5,7,9,17H,2-3,6,8H2,1H3,(H2,15,18). The molecule has 1 fully saturated rings. The number of nitrogens with zero attached hydrogens (tertiary/aromatic N) is 1. The van der Waals surface area contributed by atoms with E-state index in [1.807, 2.05) is 0 Å². The molecule has 1 heterocycles. The SMILES string of the molecule is COc1ccc(C(=O)N2CCCC(C(N)=O)C2)c(O)c1. The van der Waals surface area contributed by atoms with Gasteiger partial charge >= 0.3 is 0 Å². The van der Waals surface area contributed by atoms with E-state index in [2.05, 4.69) is 0 Å². The molecule has 1 aliphatic heterocycles. The monoisotopic (exact) mass is 278 g/mol. The summed E-state index contributed by atoms with van der Waals surface area (Å²) in [5.74, 6) is -0.645. The summed E-state index contributed by atoms with van der Waals surface area (Å²) in [6, 6.07) is 4.52. The predicted molar refractivity (Wildman–Crippen MR) is 72.5 cm³/mol. The number of nitrogens with two attached hydrogens (primary N) is 1. The first-order valence-electron chi connectivity index (χ1n) is 6.48. The Labute approximate surface area is 117 Å². The van der Waals surface area contributed by atoms with E-state index in [-0.39, 0.29) is 29.0 Å². The fourth-order valence-corrected chi connectivity index (χ4v) is 2.38. The van der Waals surface area contributed by atoms with Gasteiger partial charge in [0.05, 0.1) is 18.6 Å². The lowest BCUT2D eigenvalue weighted by Gasteiger charge is -2.31. The van der Waals surface area contributed by atoms with Crippen molar-refractivity contribution in [1.82, 2.24) is 4.90 Å². The number of benzene rings is 1. The number of primary amides is 1. The molecular formula is C14H18N2O4.